The SMILES string of the molecule is CCOCCOC(=O)c1ccc(Oc2cc(C3CCCCC3)cc3cc4c(c(-c5ccc(SC)cc5)c23)C(=N)NC4=N)cc1. The molecule has 8 heteroatoms. The van der Waals surface area contributed by atoms with Crippen LogP contribution in [0.15, 0.2) is 71.6 Å². The van der Waals surface area contributed by atoms with Crippen LogP contribution in [-0.2, 0) is 9.47 Å². The molecule has 7 nitrogen and oxygen atoms in total. The molecule has 0 bridgehead atoms. The predicted molar refractivity (Wildman–Crippen MR) is 177 cm³/mol. The van der Waals surface area contributed by atoms with Crippen molar-refractivity contribution in [2.24, 2.45) is 0 Å². The number of carbonyl (C=O) groups excluding carboxylic acids is 1. The van der Waals surface area contributed by atoms with Crippen LogP contribution in [0.5, 0.6) is 11.5 Å². The second-order valence-electron chi connectivity index (χ2n) is 11.2. The molecule has 3 N–H and O–H groups in total. The molecule has 0 unspecified atom stereocenters. The minimum atomic E-state index is -0.402. The number of hydrogen-bond donors (Lipinski definition) is 3. The molecule has 0 atom stereocenters. The molecular formula is C36H37N3O4S. The van der Waals surface area contributed by atoms with Gasteiger partial charge in [0.25, 0.3) is 0 Å². The van der Waals surface area contributed by atoms with Gasteiger partial charge in [0.2, 0.25) is 0 Å². The van der Waals surface area contributed by atoms with E-state index in [1.165, 1.54) is 24.8 Å². The summed E-state index contributed by atoms with van der Waals surface area (Å²) in [5.74, 6) is 1.79. The van der Waals surface area contributed by atoms with Crippen molar-refractivity contribution in [1.82, 2.24) is 5.32 Å². The standard InChI is InChI=1S/C36H37N3O4S/c1-3-41-17-18-42-36(40)24-9-13-27(14-10-24)43-30-21-25(22-7-5-4-6-8-22)19-26-20-29-33(35(38)39-34(29)37)32(31(26)30)23-11-15-28(44-2)16-12-23/h9-16,19-22H,3-8,17-18H2,1-2H3,(H3,37,38,39). The highest BCUT2D eigenvalue weighted by Crippen LogP contribution is 2.45. The maximum Gasteiger partial charge on any atom is 0.338 e. The summed E-state index contributed by atoms with van der Waals surface area (Å²) in [6, 6.07) is 21.8. The van der Waals surface area contributed by atoms with Crippen molar-refractivity contribution < 1.29 is 19.0 Å². The lowest BCUT2D eigenvalue weighted by Gasteiger charge is -2.24. The van der Waals surface area contributed by atoms with E-state index >= 15 is 0 Å². The lowest BCUT2D eigenvalue weighted by molar-refractivity contribution is 0.0335. The van der Waals surface area contributed by atoms with E-state index in [9.17, 15) is 4.79 Å². The van der Waals surface area contributed by atoms with Crippen molar-refractivity contribution in [2.75, 3.05) is 26.1 Å². The summed E-state index contributed by atoms with van der Waals surface area (Å²) in [4.78, 5) is 13.7. The van der Waals surface area contributed by atoms with Crippen molar-refractivity contribution in [3.63, 3.8) is 0 Å². The lowest BCUT2D eigenvalue weighted by Crippen LogP contribution is -2.20. The summed E-state index contributed by atoms with van der Waals surface area (Å²) < 4.78 is 17.3. The minimum Gasteiger partial charge on any atom is -0.460 e. The van der Waals surface area contributed by atoms with Crippen LogP contribution < -0.4 is 10.1 Å². The highest BCUT2D eigenvalue weighted by Gasteiger charge is 2.29. The zero-order valence-corrected chi connectivity index (χ0v) is 25.9. The van der Waals surface area contributed by atoms with Crippen LogP contribution in [0.1, 0.15) is 72.0 Å². The Kier molecular flexibility index (Phi) is 9.00. The van der Waals surface area contributed by atoms with Crippen LogP contribution in [0.2, 0.25) is 0 Å². The average molecular weight is 608 g/mol. The van der Waals surface area contributed by atoms with E-state index in [-0.39, 0.29) is 18.3 Å². The first kappa shape index (κ1) is 29.9. The number of benzene rings is 4. The van der Waals surface area contributed by atoms with Crippen molar-refractivity contribution in [3.05, 3.63) is 89.0 Å². The number of nitrogens with one attached hydrogen (secondary N) is 3. The topological polar surface area (TPSA) is 104 Å². The van der Waals surface area contributed by atoms with Gasteiger partial charge in [0.05, 0.1) is 12.2 Å². The number of carbonyl (C=O) groups is 1. The van der Waals surface area contributed by atoms with Crippen LogP contribution in [0, 0.1) is 10.8 Å². The van der Waals surface area contributed by atoms with Crippen molar-refractivity contribution in [2.45, 2.75) is 49.8 Å². The number of thioether (sulfide) groups is 1. The molecule has 1 fully saturated rings. The number of amidine groups is 2. The summed E-state index contributed by atoms with van der Waals surface area (Å²) in [5.41, 5.74) is 4.96. The Morgan fingerprint density at radius 1 is 0.909 bits per heavy atom. The second-order valence-corrected chi connectivity index (χ2v) is 12.1. The molecule has 44 heavy (non-hydrogen) atoms. The van der Waals surface area contributed by atoms with E-state index in [2.05, 4.69) is 48.0 Å². The molecule has 4 aromatic carbocycles. The Morgan fingerprint density at radius 3 is 2.36 bits per heavy atom. The van der Waals surface area contributed by atoms with Gasteiger partial charge in [0, 0.05) is 33.6 Å². The summed E-state index contributed by atoms with van der Waals surface area (Å²) in [6.45, 7) is 3.05. The second kappa shape index (κ2) is 13.2. The molecule has 0 saturated heterocycles. The Balaban J connectivity index is 1.47. The Bertz CT molecular complexity index is 1710. The first-order valence-electron chi connectivity index (χ1n) is 15.2. The van der Waals surface area contributed by atoms with E-state index in [4.69, 9.17) is 25.0 Å². The smallest absolute Gasteiger partial charge is 0.338 e. The fourth-order valence-corrected chi connectivity index (χ4v) is 6.65. The van der Waals surface area contributed by atoms with Crippen molar-refractivity contribution in [3.8, 4) is 22.6 Å². The molecule has 1 saturated carbocycles. The number of ether oxygens (including phenoxy) is 3. The van der Waals surface area contributed by atoms with Gasteiger partial charge in [0.15, 0.2) is 0 Å². The third-order valence-corrected chi connectivity index (χ3v) is 9.18. The number of hydrogen-bond acceptors (Lipinski definition) is 7. The maximum absolute atomic E-state index is 12.5. The maximum atomic E-state index is 12.5. The van der Waals surface area contributed by atoms with Crippen LogP contribution >= 0.6 is 11.8 Å². The molecule has 1 heterocycles. The van der Waals surface area contributed by atoms with Gasteiger partial charge in [-0.1, -0.05) is 37.5 Å². The molecule has 1 aliphatic carbocycles. The quantitative estimate of drug-likeness (QED) is 0.0948. The summed E-state index contributed by atoms with van der Waals surface area (Å²) >= 11 is 1.68. The number of rotatable bonds is 10. The van der Waals surface area contributed by atoms with Gasteiger partial charge in [-0.05, 0) is 97.0 Å². The van der Waals surface area contributed by atoms with Crippen molar-refractivity contribution >= 4 is 40.2 Å². The van der Waals surface area contributed by atoms with Gasteiger partial charge in [-0.15, -0.1) is 11.8 Å². The third-order valence-electron chi connectivity index (χ3n) is 8.43. The largest absolute Gasteiger partial charge is 0.460 e. The monoisotopic (exact) mass is 607 g/mol. The molecule has 4 aromatic rings. The molecule has 2 aliphatic rings. The molecule has 1 aliphatic heterocycles. The van der Waals surface area contributed by atoms with E-state index < -0.39 is 5.97 Å². The van der Waals surface area contributed by atoms with Gasteiger partial charge < -0.3 is 19.5 Å². The zero-order valence-electron chi connectivity index (χ0n) is 25.1. The first-order valence-corrected chi connectivity index (χ1v) is 16.5. The number of esters is 1. The zero-order chi connectivity index (χ0) is 30.6. The first-order chi connectivity index (χ1) is 21.5. The minimum absolute atomic E-state index is 0.206. The highest BCUT2D eigenvalue weighted by atomic mass is 32.2. The van der Waals surface area contributed by atoms with Gasteiger partial charge in [0.1, 0.15) is 29.8 Å². The Morgan fingerprint density at radius 2 is 1.66 bits per heavy atom. The van der Waals surface area contributed by atoms with Gasteiger partial charge in [-0.25, -0.2) is 4.79 Å². The fraction of sp³-hybridized carbons (Fsp3) is 0.306. The Labute approximate surface area is 262 Å². The summed E-state index contributed by atoms with van der Waals surface area (Å²) in [6.07, 6.45) is 8.02. The van der Waals surface area contributed by atoms with Gasteiger partial charge >= 0.3 is 5.97 Å². The molecular weight excluding hydrogens is 570 g/mol. The molecule has 6 rings (SSSR count). The van der Waals surface area contributed by atoms with E-state index in [1.807, 2.05) is 13.0 Å². The highest BCUT2D eigenvalue weighted by molar-refractivity contribution is 7.98. The third kappa shape index (κ3) is 6.10. The predicted octanol–water partition coefficient (Wildman–Crippen LogP) is 8.52. The van der Waals surface area contributed by atoms with Gasteiger partial charge in [-0.2, -0.15) is 0 Å². The van der Waals surface area contributed by atoms with E-state index in [0.717, 1.165) is 45.2 Å². The molecule has 0 amide bonds. The van der Waals surface area contributed by atoms with Crippen LogP contribution in [0.3, 0.4) is 0 Å². The lowest BCUT2D eigenvalue weighted by atomic mass is 9.82. The molecule has 0 spiro atoms. The van der Waals surface area contributed by atoms with Crippen molar-refractivity contribution in [1.29, 1.82) is 10.8 Å². The normalized spacial score (nSPS) is 14.9. The summed E-state index contributed by atoms with van der Waals surface area (Å²) in [7, 11) is 0. The molecule has 0 aromatic heterocycles. The number of fused-ring (bicyclic) bond motifs is 2. The fourth-order valence-electron chi connectivity index (χ4n) is 6.25. The van der Waals surface area contributed by atoms with Crippen LogP contribution in [0.25, 0.3) is 21.9 Å². The van der Waals surface area contributed by atoms with Crippen LogP contribution in [-0.4, -0.2) is 43.7 Å². The van der Waals surface area contributed by atoms with Gasteiger partial charge in [-0.3, -0.25) is 10.8 Å². The summed E-state index contributed by atoms with van der Waals surface area (Å²) in [5, 5.41) is 22.3. The van der Waals surface area contributed by atoms with E-state index in [1.54, 1.807) is 36.0 Å². The van der Waals surface area contributed by atoms with Crippen LogP contribution in [0.4, 0.5) is 0 Å². The molecule has 0 radical (unpaired) electrons. The average Bonchev–Trinajstić information content (AvgIpc) is 3.34. The van der Waals surface area contributed by atoms with E-state index in [0.29, 0.717) is 41.8 Å². The Hall–Kier alpha value is -4.14. The molecule has 226 valence electrons.